The summed E-state index contributed by atoms with van der Waals surface area (Å²) in [5, 5.41) is 12.9. The van der Waals surface area contributed by atoms with Gasteiger partial charge in [-0.25, -0.2) is 10.5 Å². The molecule has 3 aromatic rings. The van der Waals surface area contributed by atoms with Crippen LogP contribution in [0, 0.1) is 0 Å². The summed E-state index contributed by atoms with van der Waals surface area (Å²) in [6, 6.07) is 13.6. The molecule has 0 bridgehead atoms. The topological polar surface area (TPSA) is 124 Å². The van der Waals surface area contributed by atoms with Crippen molar-refractivity contribution >= 4 is 40.1 Å². The van der Waals surface area contributed by atoms with Gasteiger partial charge in [-0.05, 0) is 11.5 Å². The highest BCUT2D eigenvalue weighted by molar-refractivity contribution is 7.99. The maximum Gasteiger partial charge on any atom is 0.258 e. The zero-order valence-corrected chi connectivity index (χ0v) is 12.9. The molecule has 0 fully saturated rings. The Labute approximate surface area is 136 Å². The average molecular weight is 329 g/mol. The van der Waals surface area contributed by atoms with Gasteiger partial charge >= 0.3 is 0 Å². The minimum Gasteiger partial charge on any atom is -0.334 e. The van der Waals surface area contributed by atoms with Gasteiger partial charge in [0.2, 0.25) is 11.1 Å². The largest absolute Gasteiger partial charge is 0.334 e. The zero-order valence-electron chi connectivity index (χ0n) is 12.1. The van der Waals surface area contributed by atoms with Crippen molar-refractivity contribution in [1.82, 2.24) is 14.9 Å². The SMILES string of the molecule is NNc1nnc(SCC(=O)Nc2cccc3ccccc23)n1N. The summed E-state index contributed by atoms with van der Waals surface area (Å²) >= 11 is 1.17. The number of nitrogen functional groups attached to an aromatic ring is 2. The maximum atomic E-state index is 12.1. The number of nitrogens with two attached hydrogens (primary N) is 2. The molecule has 0 saturated heterocycles. The van der Waals surface area contributed by atoms with E-state index in [4.69, 9.17) is 11.7 Å². The van der Waals surface area contributed by atoms with Crippen LogP contribution in [0.25, 0.3) is 10.8 Å². The molecule has 118 valence electrons. The Balaban J connectivity index is 1.68. The molecule has 3 rings (SSSR count). The molecule has 23 heavy (non-hydrogen) atoms. The minimum absolute atomic E-state index is 0.156. The molecule has 0 aliphatic carbocycles. The number of amides is 1. The predicted octanol–water partition coefficient (Wildman–Crippen LogP) is 1.16. The molecule has 2 aromatic carbocycles. The quantitative estimate of drug-likeness (QED) is 0.314. The lowest BCUT2D eigenvalue weighted by atomic mass is 10.1. The molecule has 0 saturated carbocycles. The maximum absolute atomic E-state index is 12.1. The fraction of sp³-hybridized carbons (Fsp3) is 0.0714. The lowest BCUT2D eigenvalue weighted by Crippen LogP contribution is -2.19. The molecule has 0 spiro atoms. The Morgan fingerprint density at radius 1 is 1.17 bits per heavy atom. The van der Waals surface area contributed by atoms with E-state index < -0.39 is 0 Å². The van der Waals surface area contributed by atoms with Gasteiger partial charge in [-0.2, -0.15) is 0 Å². The van der Waals surface area contributed by atoms with Gasteiger partial charge in [0.25, 0.3) is 5.95 Å². The molecular formula is C14H15N7OS. The lowest BCUT2D eigenvalue weighted by molar-refractivity contribution is -0.113. The van der Waals surface area contributed by atoms with Gasteiger partial charge in [0.1, 0.15) is 0 Å². The molecule has 6 N–H and O–H groups in total. The third-order valence-corrected chi connectivity index (χ3v) is 4.13. The van der Waals surface area contributed by atoms with Gasteiger partial charge in [-0.1, -0.05) is 48.2 Å². The van der Waals surface area contributed by atoms with E-state index in [-0.39, 0.29) is 17.6 Å². The Hall–Kier alpha value is -2.78. The molecule has 9 heteroatoms. The number of carbonyl (C=O) groups excluding carboxylic acids is 1. The van der Waals surface area contributed by atoms with E-state index in [1.165, 1.54) is 16.4 Å². The zero-order chi connectivity index (χ0) is 16.2. The van der Waals surface area contributed by atoms with Crippen molar-refractivity contribution in [3.05, 3.63) is 42.5 Å². The Morgan fingerprint density at radius 3 is 2.74 bits per heavy atom. The van der Waals surface area contributed by atoms with Crippen molar-refractivity contribution in [2.24, 2.45) is 5.84 Å². The number of nitrogens with one attached hydrogen (secondary N) is 2. The number of rotatable bonds is 5. The average Bonchev–Trinajstić information content (AvgIpc) is 2.93. The number of thioether (sulfide) groups is 1. The van der Waals surface area contributed by atoms with Crippen molar-refractivity contribution in [3.8, 4) is 0 Å². The van der Waals surface area contributed by atoms with E-state index in [2.05, 4.69) is 20.9 Å². The molecule has 1 heterocycles. The molecule has 0 aliphatic rings. The molecule has 0 aliphatic heterocycles. The first-order valence-electron chi connectivity index (χ1n) is 6.76. The van der Waals surface area contributed by atoms with Crippen LogP contribution in [0.4, 0.5) is 11.6 Å². The Bertz CT molecular complexity index is 843. The van der Waals surface area contributed by atoms with E-state index in [1.54, 1.807) is 0 Å². The van der Waals surface area contributed by atoms with Gasteiger partial charge in [0.05, 0.1) is 5.75 Å². The Morgan fingerprint density at radius 2 is 1.96 bits per heavy atom. The first-order chi connectivity index (χ1) is 11.2. The van der Waals surface area contributed by atoms with E-state index >= 15 is 0 Å². The number of nitrogens with zero attached hydrogens (tertiary/aromatic N) is 3. The van der Waals surface area contributed by atoms with Crippen molar-refractivity contribution in [2.45, 2.75) is 5.16 Å². The summed E-state index contributed by atoms with van der Waals surface area (Å²) in [7, 11) is 0. The number of carbonyl (C=O) groups is 1. The van der Waals surface area contributed by atoms with Crippen LogP contribution in [-0.2, 0) is 4.79 Å². The van der Waals surface area contributed by atoms with E-state index in [9.17, 15) is 4.79 Å². The highest BCUT2D eigenvalue weighted by Crippen LogP contribution is 2.23. The summed E-state index contributed by atoms with van der Waals surface area (Å²) in [5.41, 5.74) is 3.08. The second-order valence-electron chi connectivity index (χ2n) is 4.68. The molecule has 1 aromatic heterocycles. The number of benzene rings is 2. The predicted molar refractivity (Wildman–Crippen MR) is 91.3 cm³/mol. The highest BCUT2D eigenvalue weighted by Gasteiger charge is 2.12. The van der Waals surface area contributed by atoms with Gasteiger partial charge in [-0.15, -0.1) is 10.2 Å². The van der Waals surface area contributed by atoms with Crippen LogP contribution < -0.4 is 22.4 Å². The molecule has 0 atom stereocenters. The first kappa shape index (κ1) is 15.1. The summed E-state index contributed by atoms with van der Waals surface area (Å²) < 4.78 is 1.19. The second-order valence-corrected chi connectivity index (χ2v) is 5.63. The summed E-state index contributed by atoms with van der Waals surface area (Å²) in [4.78, 5) is 12.1. The number of hydrogen-bond donors (Lipinski definition) is 4. The minimum atomic E-state index is -0.156. The van der Waals surface area contributed by atoms with Gasteiger partial charge < -0.3 is 11.2 Å². The van der Waals surface area contributed by atoms with Crippen LogP contribution in [0.5, 0.6) is 0 Å². The van der Waals surface area contributed by atoms with Crippen LogP contribution in [-0.4, -0.2) is 26.5 Å². The molecule has 0 unspecified atom stereocenters. The number of aromatic nitrogens is 3. The third-order valence-electron chi connectivity index (χ3n) is 3.19. The van der Waals surface area contributed by atoms with Crippen molar-refractivity contribution in [1.29, 1.82) is 0 Å². The number of fused-ring (bicyclic) bond motifs is 1. The number of hydrogen-bond acceptors (Lipinski definition) is 7. The number of anilines is 2. The van der Waals surface area contributed by atoms with Crippen LogP contribution >= 0.6 is 11.8 Å². The number of hydrazine groups is 1. The highest BCUT2D eigenvalue weighted by atomic mass is 32.2. The van der Waals surface area contributed by atoms with E-state index in [1.807, 2.05) is 42.5 Å². The van der Waals surface area contributed by atoms with Crippen molar-refractivity contribution in [2.75, 3.05) is 22.3 Å². The van der Waals surface area contributed by atoms with Crippen molar-refractivity contribution in [3.63, 3.8) is 0 Å². The standard InChI is InChI=1S/C14H15N7OS/c15-18-13-19-20-14(21(13)16)23-8-12(22)17-11-7-3-5-9-4-1-2-6-10(9)11/h1-7H,8,15-16H2,(H,17,22)(H,18,19). The summed E-state index contributed by atoms with van der Waals surface area (Å²) in [5.74, 6) is 11.2. The fourth-order valence-corrected chi connectivity index (χ4v) is 2.78. The fourth-order valence-electron chi connectivity index (χ4n) is 2.12. The molecule has 1 amide bonds. The lowest BCUT2D eigenvalue weighted by Gasteiger charge is -2.08. The second kappa shape index (κ2) is 6.55. The van der Waals surface area contributed by atoms with Crippen LogP contribution in [0.2, 0.25) is 0 Å². The summed E-state index contributed by atoms with van der Waals surface area (Å²) in [6.07, 6.45) is 0. The van der Waals surface area contributed by atoms with E-state index in [0.29, 0.717) is 5.16 Å². The molecule has 8 nitrogen and oxygen atoms in total. The van der Waals surface area contributed by atoms with Crippen LogP contribution in [0.1, 0.15) is 0 Å². The van der Waals surface area contributed by atoms with Gasteiger partial charge in [0, 0.05) is 11.1 Å². The van der Waals surface area contributed by atoms with Gasteiger partial charge in [-0.3, -0.25) is 10.2 Å². The monoisotopic (exact) mass is 329 g/mol. The van der Waals surface area contributed by atoms with Crippen molar-refractivity contribution < 1.29 is 4.79 Å². The first-order valence-corrected chi connectivity index (χ1v) is 7.75. The smallest absolute Gasteiger partial charge is 0.258 e. The van der Waals surface area contributed by atoms with Crippen LogP contribution in [0.15, 0.2) is 47.6 Å². The third kappa shape index (κ3) is 3.20. The molecule has 0 radical (unpaired) electrons. The normalized spacial score (nSPS) is 10.7. The summed E-state index contributed by atoms with van der Waals surface area (Å²) in [6.45, 7) is 0. The Kier molecular flexibility index (Phi) is 4.31. The van der Waals surface area contributed by atoms with E-state index in [0.717, 1.165) is 16.5 Å². The van der Waals surface area contributed by atoms with Gasteiger partial charge in [0.15, 0.2) is 0 Å². The van der Waals surface area contributed by atoms with Crippen LogP contribution in [0.3, 0.4) is 0 Å². The molecular weight excluding hydrogens is 314 g/mol.